The fourth-order valence-electron chi connectivity index (χ4n) is 2.91. The van der Waals surface area contributed by atoms with Gasteiger partial charge in [-0.3, -0.25) is 14.4 Å². The molecular formula is C25H21F3N2O5. The van der Waals surface area contributed by atoms with Gasteiger partial charge in [-0.15, -0.1) is 0 Å². The maximum atomic E-state index is 13.0. The molecule has 35 heavy (non-hydrogen) atoms. The number of carbonyl (C=O) groups is 3. The lowest BCUT2D eigenvalue weighted by Gasteiger charge is -2.13. The summed E-state index contributed by atoms with van der Waals surface area (Å²) in [6.07, 6.45) is -5.17. The highest BCUT2D eigenvalue weighted by molar-refractivity contribution is 5.95. The molecular weight excluding hydrogens is 465 g/mol. The zero-order valence-corrected chi connectivity index (χ0v) is 18.3. The summed E-state index contributed by atoms with van der Waals surface area (Å²) in [5.74, 6) is -0.986. The predicted molar refractivity (Wildman–Crippen MR) is 122 cm³/mol. The quantitative estimate of drug-likeness (QED) is 0.395. The van der Waals surface area contributed by atoms with Crippen molar-refractivity contribution in [3.05, 3.63) is 84.4 Å². The van der Waals surface area contributed by atoms with Crippen LogP contribution in [-0.4, -0.2) is 24.4 Å². The number of para-hydroxylation sites is 2. The van der Waals surface area contributed by atoms with E-state index in [2.05, 4.69) is 10.6 Å². The van der Waals surface area contributed by atoms with Crippen molar-refractivity contribution in [2.45, 2.75) is 19.0 Å². The van der Waals surface area contributed by atoms with Gasteiger partial charge in [-0.05, 0) is 48.5 Å². The van der Waals surface area contributed by atoms with E-state index in [0.717, 1.165) is 12.1 Å². The van der Waals surface area contributed by atoms with Crippen molar-refractivity contribution < 1.29 is 37.0 Å². The first-order chi connectivity index (χ1) is 16.7. The van der Waals surface area contributed by atoms with E-state index in [1.807, 2.05) is 18.2 Å². The topological polar surface area (TPSA) is 93.7 Å². The number of alkyl halides is 3. The van der Waals surface area contributed by atoms with Crippen molar-refractivity contribution in [1.82, 2.24) is 0 Å². The third-order valence-corrected chi connectivity index (χ3v) is 4.54. The summed E-state index contributed by atoms with van der Waals surface area (Å²) < 4.78 is 49.3. The molecule has 3 rings (SSSR count). The van der Waals surface area contributed by atoms with Crippen molar-refractivity contribution >= 4 is 29.2 Å². The Morgan fingerprint density at radius 3 is 2.03 bits per heavy atom. The van der Waals surface area contributed by atoms with Gasteiger partial charge in [0, 0.05) is 12.1 Å². The van der Waals surface area contributed by atoms with Crippen LogP contribution in [-0.2, 0) is 25.3 Å². The van der Waals surface area contributed by atoms with Gasteiger partial charge < -0.3 is 20.1 Å². The number of rotatable bonds is 9. The van der Waals surface area contributed by atoms with Gasteiger partial charge in [0.25, 0.3) is 5.91 Å². The molecule has 0 aliphatic heterocycles. The summed E-state index contributed by atoms with van der Waals surface area (Å²) in [5, 5.41) is 4.68. The van der Waals surface area contributed by atoms with Crippen molar-refractivity contribution in [2.24, 2.45) is 0 Å². The number of ether oxygens (including phenoxy) is 2. The molecule has 0 unspecified atom stereocenters. The van der Waals surface area contributed by atoms with Gasteiger partial charge in [0.15, 0.2) is 6.61 Å². The minimum Gasteiger partial charge on any atom is -0.457 e. The number of anilines is 2. The molecule has 0 heterocycles. The minimum atomic E-state index is -4.65. The van der Waals surface area contributed by atoms with E-state index in [1.165, 1.54) is 12.1 Å². The molecule has 2 N–H and O–H groups in total. The summed E-state index contributed by atoms with van der Waals surface area (Å²) in [6, 6.07) is 20.2. The average Bonchev–Trinajstić information content (AvgIpc) is 2.83. The standard InChI is InChI=1S/C25H21F3N2O5/c26-25(27,28)20-8-4-5-9-21(20)30-23(32)16-34-24(33)15-14-22(31)29-17-10-12-19(13-11-17)35-18-6-2-1-3-7-18/h1-13H,14-16H2,(H,29,31)(H,30,32). The Hall–Kier alpha value is -4.34. The van der Waals surface area contributed by atoms with Crippen LogP contribution < -0.4 is 15.4 Å². The van der Waals surface area contributed by atoms with E-state index in [0.29, 0.717) is 17.2 Å². The Kier molecular flexibility index (Phi) is 8.44. The van der Waals surface area contributed by atoms with Gasteiger partial charge in [0.2, 0.25) is 5.91 Å². The number of hydrogen-bond acceptors (Lipinski definition) is 5. The molecule has 3 aromatic rings. The number of carbonyl (C=O) groups excluding carboxylic acids is 3. The van der Waals surface area contributed by atoms with Gasteiger partial charge in [-0.2, -0.15) is 13.2 Å². The Balaban J connectivity index is 1.39. The first-order valence-electron chi connectivity index (χ1n) is 10.5. The second kappa shape index (κ2) is 11.7. The maximum absolute atomic E-state index is 13.0. The highest BCUT2D eigenvalue weighted by atomic mass is 19.4. The SMILES string of the molecule is O=C(CCC(=O)OCC(=O)Nc1ccccc1C(F)(F)F)Nc1ccc(Oc2ccccc2)cc1. The van der Waals surface area contributed by atoms with E-state index < -0.39 is 41.8 Å². The average molecular weight is 486 g/mol. The summed E-state index contributed by atoms with van der Waals surface area (Å²) in [6.45, 7) is -0.782. The van der Waals surface area contributed by atoms with Crippen LogP contribution >= 0.6 is 0 Å². The molecule has 182 valence electrons. The van der Waals surface area contributed by atoms with Crippen molar-refractivity contribution in [3.63, 3.8) is 0 Å². The number of amides is 2. The minimum absolute atomic E-state index is 0.209. The highest BCUT2D eigenvalue weighted by Crippen LogP contribution is 2.34. The van der Waals surface area contributed by atoms with Crippen LogP contribution in [0.25, 0.3) is 0 Å². The van der Waals surface area contributed by atoms with Crippen LogP contribution in [0.15, 0.2) is 78.9 Å². The van der Waals surface area contributed by atoms with E-state index >= 15 is 0 Å². The molecule has 3 aromatic carbocycles. The van der Waals surface area contributed by atoms with Crippen LogP contribution in [0.1, 0.15) is 18.4 Å². The summed E-state index contributed by atoms with van der Waals surface area (Å²) >= 11 is 0. The smallest absolute Gasteiger partial charge is 0.418 e. The zero-order valence-electron chi connectivity index (χ0n) is 18.3. The summed E-state index contributed by atoms with van der Waals surface area (Å²) in [7, 11) is 0. The number of benzene rings is 3. The number of esters is 1. The van der Waals surface area contributed by atoms with Gasteiger partial charge >= 0.3 is 12.1 Å². The molecule has 0 saturated carbocycles. The molecule has 0 radical (unpaired) electrons. The molecule has 2 amide bonds. The molecule has 0 fully saturated rings. The molecule has 0 aliphatic rings. The molecule has 10 heteroatoms. The lowest BCUT2D eigenvalue weighted by Crippen LogP contribution is -2.23. The van der Waals surface area contributed by atoms with E-state index in [4.69, 9.17) is 9.47 Å². The Labute approximate surface area is 198 Å². The van der Waals surface area contributed by atoms with E-state index in [-0.39, 0.29) is 12.8 Å². The third kappa shape index (κ3) is 8.18. The zero-order chi connectivity index (χ0) is 25.3. The Morgan fingerprint density at radius 2 is 1.34 bits per heavy atom. The Bertz CT molecular complexity index is 1170. The molecule has 0 spiro atoms. The molecule has 0 saturated heterocycles. The van der Waals surface area contributed by atoms with Gasteiger partial charge in [-0.1, -0.05) is 30.3 Å². The maximum Gasteiger partial charge on any atom is 0.418 e. The largest absolute Gasteiger partial charge is 0.457 e. The summed E-state index contributed by atoms with van der Waals surface area (Å²) in [4.78, 5) is 35.8. The van der Waals surface area contributed by atoms with Crippen LogP contribution in [0.5, 0.6) is 11.5 Å². The summed E-state index contributed by atoms with van der Waals surface area (Å²) in [5.41, 5.74) is -0.969. The van der Waals surface area contributed by atoms with Crippen LogP contribution in [0.3, 0.4) is 0 Å². The predicted octanol–water partition coefficient (Wildman–Crippen LogP) is 5.40. The number of hydrogen-bond donors (Lipinski definition) is 2. The molecule has 0 aliphatic carbocycles. The van der Waals surface area contributed by atoms with Crippen molar-refractivity contribution in [3.8, 4) is 11.5 Å². The van der Waals surface area contributed by atoms with Gasteiger partial charge in [0.1, 0.15) is 11.5 Å². The number of nitrogens with one attached hydrogen (secondary N) is 2. The molecule has 7 nitrogen and oxygen atoms in total. The first kappa shape index (κ1) is 25.3. The van der Waals surface area contributed by atoms with Crippen LogP contribution in [0.4, 0.5) is 24.5 Å². The fourth-order valence-corrected chi connectivity index (χ4v) is 2.91. The fraction of sp³-hybridized carbons (Fsp3) is 0.160. The van der Waals surface area contributed by atoms with Gasteiger partial charge in [-0.25, -0.2) is 0 Å². The van der Waals surface area contributed by atoms with E-state index in [9.17, 15) is 27.6 Å². The van der Waals surface area contributed by atoms with E-state index in [1.54, 1.807) is 36.4 Å². The lowest BCUT2D eigenvalue weighted by atomic mass is 10.1. The third-order valence-electron chi connectivity index (χ3n) is 4.54. The Morgan fingerprint density at radius 1 is 0.714 bits per heavy atom. The monoisotopic (exact) mass is 486 g/mol. The first-order valence-corrected chi connectivity index (χ1v) is 10.5. The molecule has 0 aromatic heterocycles. The highest BCUT2D eigenvalue weighted by Gasteiger charge is 2.33. The molecule has 0 atom stereocenters. The van der Waals surface area contributed by atoms with Crippen molar-refractivity contribution in [2.75, 3.05) is 17.2 Å². The second-order valence-corrected chi connectivity index (χ2v) is 7.24. The van der Waals surface area contributed by atoms with Gasteiger partial charge in [0.05, 0.1) is 17.7 Å². The van der Waals surface area contributed by atoms with Crippen LogP contribution in [0.2, 0.25) is 0 Å². The molecule has 0 bridgehead atoms. The normalized spacial score (nSPS) is 10.8. The van der Waals surface area contributed by atoms with Crippen LogP contribution in [0, 0.1) is 0 Å². The number of halogens is 3. The second-order valence-electron chi connectivity index (χ2n) is 7.24. The van der Waals surface area contributed by atoms with Crippen molar-refractivity contribution in [1.29, 1.82) is 0 Å². The lowest BCUT2D eigenvalue weighted by molar-refractivity contribution is -0.148.